The van der Waals surface area contributed by atoms with E-state index >= 15 is 0 Å². The summed E-state index contributed by atoms with van der Waals surface area (Å²) in [5, 5.41) is 18.9. The van der Waals surface area contributed by atoms with Crippen molar-refractivity contribution in [2.75, 3.05) is 6.61 Å². The molecule has 0 aromatic heterocycles. The fourth-order valence-electron chi connectivity index (χ4n) is 1.10. The van der Waals surface area contributed by atoms with Gasteiger partial charge in [0, 0.05) is 10.6 Å². The van der Waals surface area contributed by atoms with Crippen molar-refractivity contribution >= 4 is 23.2 Å². The second kappa shape index (κ2) is 5.56. The van der Waals surface area contributed by atoms with E-state index in [1.807, 2.05) is 0 Å². The molecule has 0 saturated heterocycles. The first kappa shape index (κ1) is 12.6. The number of rotatable bonds is 4. The molecule has 1 rings (SSSR count). The lowest BCUT2D eigenvalue weighted by molar-refractivity contribution is 0.121. The summed E-state index contributed by atoms with van der Waals surface area (Å²) in [6.45, 7) is 1.51. The van der Waals surface area contributed by atoms with Gasteiger partial charge >= 0.3 is 0 Å². The first-order valence-corrected chi connectivity index (χ1v) is 5.19. The minimum atomic E-state index is -0.594. The van der Waals surface area contributed by atoms with Gasteiger partial charge in [-0.05, 0) is 19.1 Å². The Morgan fingerprint density at radius 1 is 1.40 bits per heavy atom. The number of aliphatic hydroxyl groups excluding tert-OH is 2. The number of benzene rings is 1. The molecule has 84 valence electrons. The van der Waals surface area contributed by atoms with Gasteiger partial charge in [-0.3, -0.25) is 0 Å². The van der Waals surface area contributed by atoms with Gasteiger partial charge in [-0.25, -0.2) is 0 Å². The molecule has 0 bridgehead atoms. The van der Waals surface area contributed by atoms with Gasteiger partial charge in [0.1, 0.15) is 12.4 Å². The summed E-state index contributed by atoms with van der Waals surface area (Å²) < 4.78 is 5.27. The zero-order chi connectivity index (χ0) is 11.4. The fourth-order valence-corrected chi connectivity index (χ4v) is 1.69. The zero-order valence-electron chi connectivity index (χ0n) is 8.20. The Bertz CT molecular complexity index is 340. The minimum absolute atomic E-state index is 0.119. The number of aliphatic hydroxyl groups is 2. The summed E-state index contributed by atoms with van der Waals surface area (Å²) in [5.74, 6) is 0.365. The maximum absolute atomic E-state index is 9.07. The topological polar surface area (TPSA) is 49.7 Å². The highest BCUT2D eigenvalue weighted by molar-refractivity contribution is 6.35. The molecule has 5 heteroatoms. The van der Waals surface area contributed by atoms with Crippen molar-refractivity contribution in [1.82, 2.24) is 0 Å². The van der Waals surface area contributed by atoms with E-state index in [0.717, 1.165) is 0 Å². The lowest BCUT2D eigenvalue weighted by atomic mass is 10.2. The molecule has 1 unspecified atom stereocenters. The molecule has 1 aromatic carbocycles. The quantitative estimate of drug-likeness (QED) is 0.862. The van der Waals surface area contributed by atoms with Crippen LogP contribution in [0.3, 0.4) is 0 Å². The van der Waals surface area contributed by atoms with Gasteiger partial charge in [0.25, 0.3) is 0 Å². The summed E-state index contributed by atoms with van der Waals surface area (Å²) >= 11 is 11.7. The molecule has 2 N–H and O–H groups in total. The van der Waals surface area contributed by atoms with Crippen molar-refractivity contribution in [3.8, 4) is 5.75 Å². The van der Waals surface area contributed by atoms with Gasteiger partial charge in [-0.2, -0.15) is 0 Å². The van der Waals surface area contributed by atoms with Crippen molar-refractivity contribution in [2.24, 2.45) is 0 Å². The Morgan fingerprint density at radius 2 is 2.07 bits per heavy atom. The van der Waals surface area contributed by atoms with Gasteiger partial charge in [-0.15, -0.1) is 0 Å². The SMILES string of the molecule is CC(O)COc1c(Cl)cc(Cl)cc1CO. The largest absolute Gasteiger partial charge is 0.489 e. The first-order valence-electron chi connectivity index (χ1n) is 4.44. The minimum Gasteiger partial charge on any atom is -0.489 e. The second-order valence-electron chi connectivity index (χ2n) is 3.19. The lowest BCUT2D eigenvalue weighted by Gasteiger charge is -2.13. The molecule has 0 aliphatic heterocycles. The van der Waals surface area contributed by atoms with Gasteiger partial charge in [0.2, 0.25) is 0 Å². The smallest absolute Gasteiger partial charge is 0.143 e. The molecule has 0 aliphatic rings. The Kier molecular flexibility index (Phi) is 4.67. The molecule has 0 saturated carbocycles. The molecular weight excluding hydrogens is 239 g/mol. The van der Waals surface area contributed by atoms with Crippen LogP contribution in [0.15, 0.2) is 12.1 Å². The predicted octanol–water partition coefficient (Wildman–Crippen LogP) is 2.25. The Balaban J connectivity index is 2.93. The fraction of sp³-hybridized carbons (Fsp3) is 0.400. The maximum Gasteiger partial charge on any atom is 0.143 e. The average Bonchev–Trinajstić information content (AvgIpc) is 2.14. The standard InChI is InChI=1S/C10H12Cl2O3/c1-6(14)5-15-10-7(4-13)2-8(11)3-9(10)12/h2-3,6,13-14H,4-5H2,1H3. The van der Waals surface area contributed by atoms with E-state index in [2.05, 4.69) is 0 Å². The number of hydrogen-bond acceptors (Lipinski definition) is 3. The third-order valence-corrected chi connectivity index (χ3v) is 2.22. The van der Waals surface area contributed by atoms with Crippen molar-refractivity contribution in [1.29, 1.82) is 0 Å². The zero-order valence-corrected chi connectivity index (χ0v) is 9.72. The molecule has 0 heterocycles. The summed E-state index contributed by atoms with van der Waals surface area (Å²) in [6.07, 6.45) is -0.594. The molecule has 1 atom stereocenters. The van der Waals surface area contributed by atoms with E-state index in [9.17, 15) is 0 Å². The molecule has 0 amide bonds. The van der Waals surface area contributed by atoms with Crippen molar-refractivity contribution in [3.63, 3.8) is 0 Å². The summed E-state index contributed by atoms with van der Waals surface area (Å²) in [6, 6.07) is 3.10. The number of ether oxygens (including phenoxy) is 1. The number of hydrogen-bond donors (Lipinski definition) is 2. The Labute approximate surface area is 98.2 Å². The molecule has 3 nitrogen and oxygen atoms in total. The van der Waals surface area contributed by atoms with E-state index in [-0.39, 0.29) is 13.2 Å². The molecule has 0 spiro atoms. The van der Waals surface area contributed by atoms with Crippen molar-refractivity contribution in [2.45, 2.75) is 19.6 Å². The van der Waals surface area contributed by atoms with Gasteiger partial charge < -0.3 is 14.9 Å². The molecule has 0 fully saturated rings. The van der Waals surface area contributed by atoms with Gasteiger partial charge in [0.15, 0.2) is 0 Å². The van der Waals surface area contributed by atoms with Crippen LogP contribution in [0.1, 0.15) is 12.5 Å². The van der Waals surface area contributed by atoms with Gasteiger partial charge in [-0.1, -0.05) is 23.2 Å². The van der Waals surface area contributed by atoms with Crippen LogP contribution in [0.5, 0.6) is 5.75 Å². The second-order valence-corrected chi connectivity index (χ2v) is 4.04. The van der Waals surface area contributed by atoms with Crippen molar-refractivity contribution in [3.05, 3.63) is 27.7 Å². The average molecular weight is 251 g/mol. The highest BCUT2D eigenvalue weighted by atomic mass is 35.5. The molecule has 1 aromatic rings. The van der Waals surface area contributed by atoms with Crippen LogP contribution < -0.4 is 4.74 Å². The Hall–Kier alpha value is -0.480. The van der Waals surface area contributed by atoms with E-state index in [0.29, 0.717) is 21.4 Å². The Morgan fingerprint density at radius 3 is 2.60 bits per heavy atom. The third-order valence-electron chi connectivity index (χ3n) is 1.72. The highest BCUT2D eigenvalue weighted by Crippen LogP contribution is 2.32. The van der Waals surface area contributed by atoms with Gasteiger partial charge in [0.05, 0.1) is 17.7 Å². The van der Waals surface area contributed by atoms with Crippen LogP contribution in [-0.4, -0.2) is 22.9 Å². The van der Waals surface area contributed by atoms with Crippen LogP contribution in [0.25, 0.3) is 0 Å². The van der Waals surface area contributed by atoms with E-state index in [1.54, 1.807) is 13.0 Å². The van der Waals surface area contributed by atoms with Crippen LogP contribution in [-0.2, 0) is 6.61 Å². The monoisotopic (exact) mass is 250 g/mol. The number of halogens is 2. The van der Waals surface area contributed by atoms with Crippen LogP contribution >= 0.6 is 23.2 Å². The summed E-state index contributed by atoms with van der Waals surface area (Å²) in [4.78, 5) is 0. The first-order chi connectivity index (χ1) is 7.04. The maximum atomic E-state index is 9.07. The van der Waals surface area contributed by atoms with E-state index in [4.69, 9.17) is 38.2 Å². The normalized spacial score (nSPS) is 12.6. The highest BCUT2D eigenvalue weighted by Gasteiger charge is 2.10. The van der Waals surface area contributed by atoms with Crippen LogP contribution in [0.4, 0.5) is 0 Å². The predicted molar refractivity (Wildman–Crippen MR) is 59.6 cm³/mol. The molecular formula is C10H12Cl2O3. The summed E-state index contributed by atoms with van der Waals surface area (Å²) in [5.41, 5.74) is 0.508. The summed E-state index contributed by atoms with van der Waals surface area (Å²) in [7, 11) is 0. The lowest BCUT2D eigenvalue weighted by Crippen LogP contribution is -2.13. The third kappa shape index (κ3) is 3.54. The van der Waals surface area contributed by atoms with Crippen LogP contribution in [0, 0.1) is 0 Å². The molecule has 0 aliphatic carbocycles. The van der Waals surface area contributed by atoms with Crippen LogP contribution in [0.2, 0.25) is 10.0 Å². The van der Waals surface area contributed by atoms with Crippen molar-refractivity contribution < 1.29 is 14.9 Å². The molecule has 0 radical (unpaired) electrons. The van der Waals surface area contributed by atoms with E-state index < -0.39 is 6.10 Å². The molecule has 15 heavy (non-hydrogen) atoms. The van der Waals surface area contributed by atoms with E-state index in [1.165, 1.54) is 6.07 Å².